The van der Waals surface area contributed by atoms with Gasteiger partial charge in [-0.05, 0) is 32.0 Å². The van der Waals surface area contributed by atoms with E-state index >= 15 is 0 Å². The number of anilines is 1. The van der Waals surface area contributed by atoms with E-state index in [4.69, 9.17) is 5.11 Å². The Hall–Kier alpha value is -2.28. The molecule has 3 N–H and O–H groups in total. The summed E-state index contributed by atoms with van der Waals surface area (Å²) in [4.78, 5) is 35.1. The fourth-order valence-corrected chi connectivity index (χ4v) is 2.70. The van der Waals surface area contributed by atoms with Crippen LogP contribution in [0.2, 0.25) is 0 Å². The number of benzene rings is 1. The molecule has 0 bridgehead atoms. The predicted octanol–water partition coefficient (Wildman–Crippen LogP) is 1.88. The van der Waals surface area contributed by atoms with Gasteiger partial charge in [-0.15, -0.1) is 11.8 Å². The van der Waals surface area contributed by atoms with Crippen LogP contribution in [0.4, 0.5) is 5.69 Å². The van der Waals surface area contributed by atoms with E-state index < -0.39 is 11.5 Å². The van der Waals surface area contributed by atoms with E-state index in [1.54, 1.807) is 32.0 Å². The van der Waals surface area contributed by atoms with Gasteiger partial charge in [0, 0.05) is 16.5 Å². The third kappa shape index (κ3) is 4.11. The molecule has 2 amide bonds. The maximum absolute atomic E-state index is 12.3. The smallest absolute Gasteiger partial charge is 0.328 e. The Labute approximate surface area is 132 Å². The number of hydrogen-bond donors (Lipinski definition) is 3. The number of aliphatic carboxylic acids is 1. The number of amides is 2. The first-order valence-corrected chi connectivity index (χ1v) is 7.57. The first kappa shape index (κ1) is 16.1. The molecular weight excluding hydrogens is 304 g/mol. The fourth-order valence-electron chi connectivity index (χ4n) is 1.91. The number of carbonyl (C=O) groups is 3. The predicted molar refractivity (Wildman–Crippen MR) is 84.1 cm³/mol. The molecular formula is C15H16N2O4S. The standard InChI is InChI=1S/C15H16N2O4S/c1-15(2,6-5-13(19)20)17-14(21)9-3-4-11-10(7-9)16-12(18)8-22-11/h3-7H,8H2,1-2H3,(H,16,18)(H,17,21)(H,19,20)/b6-5+. The highest BCUT2D eigenvalue weighted by molar-refractivity contribution is 8.00. The van der Waals surface area contributed by atoms with Crippen molar-refractivity contribution in [1.29, 1.82) is 0 Å². The van der Waals surface area contributed by atoms with Crippen LogP contribution >= 0.6 is 11.8 Å². The fraction of sp³-hybridized carbons (Fsp3) is 0.267. The van der Waals surface area contributed by atoms with E-state index in [1.807, 2.05) is 0 Å². The van der Waals surface area contributed by atoms with Crippen molar-refractivity contribution in [3.05, 3.63) is 35.9 Å². The monoisotopic (exact) mass is 320 g/mol. The molecule has 0 atom stereocenters. The molecule has 0 spiro atoms. The van der Waals surface area contributed by atoms with Gasteiger partial charge < -0.3 is 15.7 Å². The van der Waals surface area contributed by atoms with E-state index in [-0.39, 0.29) is 11.8 Å². The van der Waals surface area contributed by atoms with Crippen LogP contribution < -0.4 is 10.6 Å². The lowest BCUT2D eigenvalue weighted by Gasteiger charge is -2.23. The highest BCUT2D eigenvalue weighted by Crippen LogP contribution is 2.32. The molecule has 2 rings (SSSR count). The zero-order chi connectivity index (χ0) is 16.3. The van der Waals surface area contributed by atoms with Crippen molar-refractivity contribution in [2.45, 2.75) is 24.3 Å². The van der Waals surface area contributed by atoms with Gasteiger partial charge in [-0.1, -0.05) is 6.08 Å². The van der Waals surface area contributed by atoms with Gasteiger partial charge in [0.1, 0.15) is 0 Å². The summed E-state index contributed by atoms with van der Waals surface area (Å²) in [7, 11) is 0. The van der Waals surface area contributed by atoms with Gasteiger partial charge in [-0.3, -0.25) is 9.59 Å². The summed E-state index contributed by atoms with van der Waals surface area (Å²) in [6.45, 7) is 3.39. The molecule has 0 saturated heterocycles. The van der Waals surface area contributed by atoms with E-state index in [0.29, 0.717) is 17.0 Å². The van der Waals surface area contributed by atoms with Gasteiger partial charge in [0.15, 0.2) is 0 Å². The zero-order valence-corrected chi connectivity index (χ0v) is 13.0. The molecule has 1 heterocycles. The van der Waals surface area contributed by atoms with Crippen molar-refractivity contribution in [3.8, 4) is 0 Å². The summed E-state index contributed by atoms with van der Waals surface area (Å²) >= 11 is 1.42. The largest absolute Gasteiger partial charge is 0.478 e. The minimum Gasteiger partial charge on any atom is -0.478 e. The highest BCUT2D eigenvalue weighted by Gasteiger charge is 2.21. The van der Waals surface area contributed by atoms with Crippen LogP contribution in [0.25, 0.3) is 0 Å². The van der Waals surface area contributed by atoms with Gasteiger partial charge >= 0.3 is 5.97 Å². The maximum atomic E-state index is 12.3. The first-order valence-electron chi connectivity index (χ1n) is 6.58. The van der Waals surface area contributed by atoms with Crippen LogP contribution in [0.5, 0.6) is 0 Å². The summed E-state index contributed by atoms with van der Waals surface area (Å²) in [6.07, 6.45) is 2.40. The summed E-state index contributed by atoms with van der Waals surface area (Å²) in [5, 5.41) is 14.1. The lowest BCUT2D eigenvalue weighted by atomic mass is 10.0. The summed E-state index contributed by atoms with van der Waals surface area (Å²) in [5.41, 5.74) is 0.217. The van der Waals surface area contributed by atoms with E-state index in [9.17, 15) is 14.4 Å². The van der Waals surface area contributed by atoms with Gasteiger partial charge in [0.25, 0.3) is 5.91 Å². The number of thioether (sulfide) groups is 1. The second kappa shape index (κ2) is 6.23. The van der Waals surface area contributed by atoms with Crippen molar-refractivity contribution < 1.29 is 19.5 Å². The maximum Gasteiger partial charge on any atom is 0.328 e. The molecule has 1 aliphatic rings. The zero-order valence-electron chi connectivity index (χ0n) is 12.2. The number of hydrogen-bond acceptors (Lipinski definition) is 4. The Morgan fingerprint density at radius 2 is 2.14 bits per heavy atom. The molecule has 0 aliphatic carbocycles. The van der Waals surface area contributed by atoms with Crippen molar-refractivity contribution in [2.75, 3.05) is 11.1 Å². The quantitative estimate of drug-likeness (QED) is 0.736. The van der Waals surface area contributed by atoms with Crippen molar-refractivity contribution in [2.24, 2.45) is 0 Å². The molecule has 0 aromatic heterocycles. The molecule has 116 valence electrons. The van der Waals surface area contributed by atoms with Crippen LogP contribution in [-0.4, -0.2) is 34.2 Å². The summed E-state index contributed by atoms with van der Waals surface area (Å²) < 4.78 is 0. The third-order valence-corrected chi connectivity index (χ3v) is 4.03. The topological polar surface area (TPSA) is 95.5 Å². The minimum absolute atomic E-state index is 0.0974. The Morgan fingerprint density at radius 3 is 2.82 bits per heavy atom. The molecule has 0 fully saturated rings. The van der Waals surface area contributed by atoms with Gasteiger partial charge in [0.2, 0.25) is 5.91 Å². The van der Waals surface area contributed by atoms with Crippen LogP contribution in [-0.2, 0) is 9.59 Å². The van der Waals surface area contributed by atoms with Crippen LogP contribution in [0.1, 0.15) is 24.2 Å². The Morgan fingerprint density at radius 1 is 1.41 bits per heavy atom. The molecule has 1 aliphatic heterocycles. The molecule has 7 heteroatoms. The molecule has 0 radical (unpaired) electrons. The number of nitrogens with one attached hydrogen (secondary N) is 2. The normalized spacial score (nSPS) is 14.4. The first-order chi connectivity index (χ1) is 10.3. The number of fused-ring (bicyclic) bond motifs is 1. The summed E-state index contributed by atoms with van der Waals surface area (Å²) in [5.74, 6) is -1.14. The molecule has 22 heavy (non-hydrogen) atoms. The molecule has 1 aromatic rings. The highest BCUT2D eigenvalue weighted by atomic mass is 32.2. The number of carboxylic acid groups (broad SMARTS) is 1. The van der Waals surface area contributed by atoms with Gasteiger partial charge in [-0.25, -0.2) is 4.79 Å². The van der Waals surface area contributed by atoms with Crippen LogP contribution in [0, 0.1) is 0 Å². The number of carboxylic acids is 1. The minimum atomic E-state index is -1.07. The molecule has 1 aromatic carbocycles. The number of rotatable bonds is 4. The Bertz CT molecular complexity index is 668. The van der Waals surface area contributed by atoms with Gasteiger partial charge in [-0.2, -0.15) is 0 Å². The lowest BCUT2D eigenvalue weighted by Crippen LogP contribution is -2.41. The summed E-state index contributed by atoms with van der Waals surface area (Å²) in [6, 6.07) is 5.08. The molecule has 0 unspecified atom stereocenters. The average molecular weight is 320 g/mol. The van der Waals surface area contributed by atoms with Crippen LogP contribution in [0.15, 0.2) is 35.2 Å². The Balaban J connectivity index is 2.15. The van der Waals surface area contributed by atoms with Crippen molar-refractivity contribution >= 4 is 35.2 Å². The van der Waals surface area contributed by atoms with Crippen molar-refractivity contribution in [3.63, 3.8) is 0 Å². The second-order valence-corrected chi connectivity index (χ2v) is 6.41. The molecule has 0 saturated carbocycles. The van der Waals surface area contributed by atoms with Gasteiger partial charge in [0.05, 0.1) is 17.0 Å². The van der Waals surface area contributed by atoms with E-state index in [2.05, 4.69) is 10.6 Å². The third-order valence-electron chi connectivity index (χ3n) is 2.95. The lowest BCUT2D eigenvalue weighted by molar-refractivity contribution is -0.131. The van der Waals surface area contributed by atoms with E-state index in [1.165, 1.54) is 17.8 Å². The van der Waals surface area contributed by atoms with Crippen LogP contribution in [0.3, 0.4) is 0 Å². The van der Waals surface area contributed by atoms with E-state index in [0.717, 1.165) is 11.0 Å². The number of carbonyl (C=O) groups excluding carboxylic acids is 2. The van der Waals surface area contributed by atoms with Crippen molar-refractivity contribution in [1.82, 2.24) is 5.32 Å². The SMILES string of the molecule is CC(C)(/C=C/C(=O)O)NC(=O)c1ccc2c(c1)NC(=O)CS2. The average Bonchev–Trinajstić information content (AvgIpc) is 2.44. The second-order valence-electron chi connectivity index (χ2n) is 5.40. The molecule has 6 nitrogen and oxygen atoms in total. The Kier molecular flexibility index (Phi) is 4.56.